The van der Waals surface area contributed by atoms with E-state index in [4.69, 9.17) is 17.3 Å². The molecule has 2 amide bonds. The lowest BCUT2D eigenvalue weighted by atomic mass is 10.1. The van der Waals surface area contributed by atoms with Crippen molar-refractivity contribution in [3.63, 3.8) is 0 Å². The molecule has 0 spiro atoms. The zero-order valence-corrected chi connectivity index (χ0v) is 17.1. The number of aromatic nitrogens is 2. The highest BCUT2D eigenvalue weighted by atomic mass is 35.5. The van der Waals surface area contributed by atoms with Crippen LogP contribution in [0.2, 0.25) is 5.02 Å². The maximum absolute atomic E-state index is 12.9. The largest absolute Gasteiger partial charge is 0.366 e. The number of carbonyl (C=O) groups is 2. The summed E-state index contributed by atoms with van der Waals surface area (Å²) in [6.07, 6.45) is 1.71. The number of nitrogens with zero attached hydrogens (tertiary/aromatic N) is 4. The molecule has 152 valence electrons. The van der Waals surface area contributed by atoms with Crippen molar-refractivity contribution in [2.45, 2.75) is 6.92 Å². The molecule has 30 heavy (non-hydrogen) atoms. The van der Waals surface area contributed by atoms with Gasteiger partial charge in [-0.05, 0) is 49.4 Å². The summed E-state index contributed by atoms with van der Waals surface area (Å²) < 4.78 is 0. The van der Waals surface area contributed by atoms with Gasteiger partial charge in [0.25, 0.3) is 5.91 Å². The van der Waals surface area contributed by atoms with Crippen molar-refractivity contribution in [1.82, 2.24) is 9.97 Å². The highest BCUT2D eigenvalue weighted by Gasteiger charge is 2.27. The number of primary amides is 1. The standard InChI is InChI=1S/C22H20ClN5O2/c1-14-16(22(24)30)6-8-20(26-14)27-10-11-28(21(29)13-27)15-5-7-18(23)17(12-15)19-4-2-3-9-25-19/h2-9,12H,10-11,13H2,1H3,(H2,24,30). The van der Waals surface area contributed by atoms with E-state index < -0.39 is 5.91 Å². The summed E-state index contributed by atoms with van der Waals surface area (Å²) >= 11 is 6.37. The Labute approximate surface area is 179 Å². The predicted octanol–water partition coefficient (Wildman–Crippen LogP) is 3.06. The van der Waals surface area contributed by atoms with Gasteiger partial charge in [-0.1, -0.05) is 17.7 Å². The molecule has 0 unspecified atom stereocenters. The maximum atomic E-state index is 12.9. The lowest BCUT2D eigenvalue weighted by molar-refractivity contribution is -0.117. The molecule has 0 bridgehead atoms. The fraction of sp³-hybridized carbons (Fsp3) is 0.182. The van der Waals surface area contributed by atoms with Gasteiger partial charge in [-0.3, -0.25) is 14.6 Å². The molecular weight excluding hydrogens is 402 g/mol. The molecule has 8 heteroatoms. The number of aryl methyl sites for hydroxylation is 1. The van der Waals surface area contributed by atoms with Gasteiger partial charge in [0, 0.05) is 30.5 Å². The van der Waals surface area contributed by atoms with Crippen LogP contribution in [0.15, 0.2) is 54.7 Å². The summed E-state index contributed by atoms with van der Waals surface area (Å²) in [4.78, 5) is 36.8. The lowest BCUT2D eigenvalue weighted by Crippen LogP contribution is -2.51. The molecule has 1 aliphatic rings. The number of pyridine rings is 2. The van der Waals surface area contributed by atoms with Crippen LogP contribution >= 0.6 is 11.6 Å². The van der Waals surface area contributed by atoms with Crippen molar-refractivity contribution >= 4 is 34.9 Å². The second-order valence-electron chi connectivity index (χ2n) is 7.01. The van der Waals surface area contributed by atoms with Crippen LogP contribution in [0, 0.1) is 6.92 Å². The van der Waals surface area contributed by atoms with Gasteiger partial charge in [-0.25, -0.2) is 4.98 Å². The van der Waals surface area contributed by atoms with Crippen LogP contribution in [0.4, 0.5) is 11.5 Å². The SMILES string of the molecule is Cc1nc(N2CCN(c3ccc(Cl)c(-c4ccccn4)c3)C(=O)C2)ccc1C(N)=O. The van der Waals surface area contributed by atoms with E-state index in [1.165, 1.54) is 0 Å². The van der Waals surface area contributed by atoms with E-state index in [-0.39, 0.29) is 12.5 Å². The number of amides is 2. The molecule has 0 aliphatic carbocycles. The van der Waals surface area contributed by atoms with Crippen LogP contribution in [-0.2, 0) is 4.79 Å². The number of hydrogen-bond donors (Lipinski definition) is 1. The van der Waals surface area contributed by atoms with Gasteiger partial charge < -0.3 is 15.5 Å². The van der Waals surface area contributed by atoms with Crippen molar-refractivity contribution in [2.24, 2.45) is 5.73 Å². The predicted molar refractivity (Wildman–Crippen MR) is 117 cm³/mol. The summed E-state index contributed by atoms with van der Waals surface area (Å²) in [5.41, 5.74) is 8.59. The Morgan fingerprint density at radius 3 is 2.63 bits per heavy atom. The Balaban J connectivity index is 1.55. The Bertz CT molecular complexity index is 1120. The average Bonchev–Trinajstić information content (AvgIpc) is 2.74. The average molecular weight is 422 g/mol. The highest BCUT2D eigenvalue weighted by Crippen LogP contribution is 2.31. The Morgan fingerprint density at radius 1 is 1.13 bits per heavy atom. The maximum Gasteiger partial charge on any atom is 0.250 e. The molecule has 1 saturated heterocycles. The Morgan fingerprint density at radius 2 is 1.97 bits per heavy atom. The van der Waals surface area contributed by atoms with Gasteiger partial charge >= 0.3 is 0 Å². The summed E-state index contributed by atoms with van der Waals surface area (Å²) in [6.45, 7) is 3.02. The minimum absolute atomic E-state index is 0.0472. The molecule has 0 atom stereocenters. The third-order valence-electron chi connectivity index (χ3n) is 5.08. The quantitative estimate of drug-likeness (QED) is 0.698. The van der Waals surface area contributed by atoms with Crippen LogP contribution in [0.1, 0.15) is 16.1 Å². The molecule has 2 aromatic heterocycles. The van der Waals surface area contributed by atoms with E-state index in [1.807, 2.05) is 35.2 Å². The van der Waals surface area contributed by atoms with Crippen molar-refractivity contribution in [3.05, 3.63) is 71.0 Å². The molecule has 3 heterocycles. The molecule has 3 aromatic rings. The number of nitrogens with two attached hydrogens (primary N) is 1. The number of piperazine rings is 1. The zero-order chi connectivity index (χ0) is 21.3. The summed E-state index contributed by atoms with van der Waals surface area (Å²) in [5, 5.41) is 0.581. The zero-order valence-electron chi connectivity index (χ0n) is 16.4. The fourth-order valence-electron chi connectivity index (χ4n) is 3.53. The molecular formula is C22H20ClN5O2. The topological polar surface area (TPSA) is 92.4 Å². The Hall–Kier alpha value is -3.45. The van der Waals surface area contributed by atoms with E-state index >= 15 is 0 Å². The first-order valence-corrected chi connectivity index (χ1v) is 9.85. The minimum atomic E-state index is -0.515. The first-order valence-electron chi connectivity index (χ1n) is 9.48. The first-order chi connectivity index (χ1) is 14.4. The minimum Gasteiger partial charge on any atom is -0.366 e. The third-order valence-corrected chi connectivity index (χ3v) is 5.41. The number of carbonyl (C=O) groups excluding carboxylic acids is 2. The van der Waals surface area contributed by atoms with Gasteiger partial charge in [0.15, 0.2) is 0 Å². The summed E-state index contributed by atoms with van der Waals surface area (Å²) in [6, 6.07) is 14.5. The van der Waals surface area contributed by atoms with Gasteiger partial charge in [0.1, 0.15) is 5.82 Å². The normalized spacial score (nSPS) is 14.1. The molecule has 0 saturated carbocycles. The van der Waals surface area contributed by atoms with Crippen LogP contribution in [0.25, 0.3) is 11.3 Å². The molecule has 7 nitrogen and oxygen atoms in total. The van der Waals surface area contributed by atoms with E-state index in [0.29, 0.717) is 35.2 Å². The number of anilines is 2. The number of hydrogen-bond acceptors (Lipinski definition) is 5. The molecule has 1 aromatic carbocycles. The summed E-state index contributed by atoms with van der Waals surface area (Å²) in [7, 11) is 0. The number of benzene rings is 1. The second-order valence-corrected chi connectivity index (χ2v) is 7.42. The van der Waals surface area contributed by atoms with Crippen LogP contribution in [0.5, 0.6) is 0 Å². The number of halogens is 1. The van der Waals surface area contributed by atoms with Crippen LogP contribution in [-0.4, -0.2) is 41.4 Å². The van der Waals surface area contributed by atoms with Gasteiger partial charge in [0.2, 0.25) is 5.91 Å². The van der Waals surface area contributed by atoms with Crippen molar-refractivity contribution in [2.75, 3.05) is 29.4 Å². The first kappa shape index (κ1) is 19.8. The third kappa shape index (κ3) is 3.84. The van der Waals surface area contributed by atoms with Crippen LogP contribution in [0.3, 0.4) is 0 Å². The van der Waals surface area contributed by atoms with Gasteiger partial charge in [0.05, 0.1) is 28.5 Å². The van der Waals surface area contributed by atoms with E-state index in [1.54, 1.807) is 36.2 Å². The van der Waals surface area contributed by atoms with Crippen molar-refractivity contribution in [3.8, 4) is 11.3 Å². The number of rotatable bonds is 4. The van der Waals surface area contributed by atoms with Crippen molar-refractivity contribution in [1.29, 1.82) is 0 Å². The van der Waals surface area contributed by atoms with E-state index in [0.717, 1.165) is 16.9 Å². The van der Waals surface area contributed by atoms with Crippen LogP contribution < -0.4 is 15.5 Å². The smallest absolute Gasteiger partial charge is 0.250 e. The molecule has 0 radical (unpaired) electrons. The fourth-order valence-corrected chi connectivity index (χ4v) is 3.74. The molecule has 4 rings (SSSR count). The molecule has 1 aliphatic heterocycles. The van der Waals surface area contributed by atoms with E-state index in [2.05, 4.69) is 9.97 Å². The van der Waals surface area contributed by atoms with E-state index in [9.17, 15) is 9.59 Å². The van der Waals surface area contributed by atoms with Gasteiger partial charge in [-0.15, -0.1) is 0 Å². The molecule has 1 fully saturated rings. The summed E-state index contributed by atoms with van der Waals surface area (Å²) in [5.74, 6) is 0.0867. The Kier molecular flexibility index (Phi) is 5.37. The lowest BCUT2D eigenvalue weighted by Gasteiger charge is -2.35. The van der Waals surface area contributed by atoms with Gasteiger partial charge in [-0.2, -0.15) is 0 Å². The molecule has 2 N–H and O–H groups in total. The van der Waals surface area contributed by atoms with Crippen molar-refractivity contribution < 1.29 is 9.59 Å². The highest BCUT2D eigenvalue weighted by molar-refractivity contribution is 6.33. The monoisotopic (exact) mass is 421 g/mol. The second kappa shape index (κ2) is 8.12.